The van der Waals surface area contributed by atoms with E-state index >= 15 is 0 Å². The van der Waals surface area contributed by atoms with Crippen molar-refractivity contribution in [1.29, 1.82) is 0 Å². The minimum absolute atomic E-state index is 0.184. The fourth-order valence-corrected chi connectivity index (χ4v) is 1.56. The lowest BCUT2D eigenvalue weighted by molar-refractivity contribution is 0.102. The van der Waals surface area contributed by atoms with Gasteiger partial charge in [0.25, 0.3) is 5.91 Å². The van der Waals surface area contributed by atoms with Crippen LogP contribution in [-0.2, 0) is 0 Å². The molecule has 1 N–H and O–H groups in total. The van der Waals surface area contributed by atoms with Crippen molar-refractivity contribution >= 4 is 23.2 Å². The van der Waals surface area contributed by atoms with Crippen LogP contribution in [-0.4, -0.2) is 10.9 Å². The van der Waals surface area contributed by atoms with Gasteiger partial charge in [0.2, 0.25) is 0 Å². The number of hydrogen-bond donors (Lipinski definition) is 1. The Hall–Kier alpha value is -1.94. The van der Waals surface area contributed by atoms with Crippen molar-refractivity contribution in [2.24, 2.45) is 0 Å². The van der Waals surface area contributed by atoms with Gasteiger partial charge in [-0.3, -0.25) is 4.79 Å². The normalized spacial score (nSPS) is 10.2. The Labute approximate surface area is 109 Å². The zero-order valence-electron chi connectivity index (χ0n) is 9.58. The molecule has 3 nitrogen and oxygen atoms in total. The molecule has 1 amide bonds. The molecule has 0 aliphatic rings. The summed E-state index contributed by atoms with van der Waals surface area (Å²) in [7, 11) is 0. The van der Waals surface area contributed by atoms with Crippen molar-refractivity contribution in [3.8, 4) is 0 Å². The first-order valence-electron chi connectivity index (χ1n) is 5.26. The van der Waals surface area contributed by atoms with Crippen molar-refractivity contribution in [3.63, 3.8) is 0 Å². The van der Waals surface area contributed by atoms with Crippen LogP contribution in [0.15, 0.2) is 36.4 Å². The number of nitrogens with zero attached hydrogens (tertiary/aromatic N) is 1. The lowest BCUT2D eigenvalue weighted by Crippen LogP contribution is -2.13. The minimum atomic E-state index is -0.430. The molecule has 0 saturated carbocycles. The lowest BCUT2D eigenvalue weighted by Gasteiger charge is -2.06. The van der Waals surface area contributed by atoms with Gasteiger partial charge in [-0.05, 0) is 36.8 Å². The summed E-state index contributed by atoms with van der Waals surface area (Å²) in [5, 5.41) is 2.79. The quantitative estimate of drug-likeness (QED) is 0.845. The number of aromatic nitrogens is 1. The number of halogens is 2. The predicted octanol–water partition coefficient (Wildman–Crippen LogP) is 3.43. The highest BCUT2D eigenvalue weighted by Gasteiger charge is 2.09. The molecular weight excluding hydrogens is 255 g/mol. The lowest BCUT2D eigenvalue weighted by atomic mass is 10.2. The molecule has 0 spiro atoms. The Kier molecular flexibility index (Phi) is 3.58. The van der Waals surface area contributed by atoms with Crippen LogP contribution in [0.4, 0.5) is 10.1 Å². The molecule has 2 rings (SSSR count). The zero-order chi connectivity index (χ0) is 13.1. The van der Waals surface area contributed by atoms with E-state index in [1.165, 1.54) is 12.1 Å². The number of amides is 1. The van der Waals surface area contributed by atoms with Crippen LogP contribution >= 0.6 is 11.6 Å². The SMILES string of the molecule is Cc1ccc(NC(=O)c2cccc(Cl)n2)cc1F. The van der Waals surface area contributed by atoms with E-state index in [1.54, 1.807) is 31.2 Å². The summed E-state index contributed by atoms with van der Waals surface area (Å²) in [6.07, 6.45) is 0. The summed E-state index contributed by atoms with van der Waals surface area (Å²) >= 11 is 5.69. The van der Waals surface area contributed by atoms with E-state index in [-0.39, 0.29) is 16.7 Å². The average molecular weight is 265 g/mol. The van der Waals surface area contributed by atoms with E-state index in [1.807, 2.05) is 0 Å². The number of hydrogen-bond acceptors (Lipinski definition) is 2. The molecule has 0 atom stereocenters. The van der Waals surface area contributed by atoms with Gasteiger partial charge in [0.1, 0.15) is 16.7 Å². The van der Waals surface area contributed by atoms with Gasteiger partial charge < -0.3 is 5.32 Å². The number of pyridine rings is 1. The summed E-state index contributed by atoms with van der Waals surface area (Å²) in [5.41, 5.74) is 1.09. The standard InChI is InChI=1S/C13H10ClFN2O/c1-8-5-6-9(7-10(8)15)16-13(18)11-3-2-4-12(14)17-11/h2-7H,1H3,(H,16,18). The van der Waals surface area contributed by atoms with Crippen LogP contribution in [0.5, 0.6) is 0 Å². The molecule has 0 saturated heterocycles. The van der Waals surface area contributed by atoms with Gasteiger partial charge in [0.15, 0.2) is 0 Å². The Bertz CT molecular complexity index is 601. The molecule has 92 valence electrons. The van der Waals surface area contributed by atoms with E-state index < -0.39 is 5.91 Å². The van der Waals surface area contributed by atoms with Crippen molar-refractivity contribution < 1.29 is 9.18 Å². The molecule has 0 bridgehead atoms. The molecule has 0 radical (unpaired) electrons. The molecule has 0 aliphatic carbocycles. The summed E-state index contributed by atoms with van der Waals surface area (Å²) in [6.45, 7) is 1.65. The number of rotatable bonds is 2. The molecule has 18 heavy (non-hydrogen) atoms. The van der Waals surface area contributed by atoms with Gasteiger partial charge in [0, 0.05) is 5.69 Å². The Morgan fingerprint density at radius 2 is 2.11 bits per heavy atom. The summed E-state index contributed by atoms with van der Waals surface area (Å²) in [4.78, 5) is 15.7. The maximum Gasteiger partial charge on any atom is 0.274 e. The second-order valence-electron chi connectivity index (χ2n) is 3.76. The number of nitrogens with one attached hydrogen (secondary N) is 1. The first-order chi connectivity index (χ1) is 8.56. The smallest absolute Gasteiger partial charge is 0.274 e. The van der Waals surface area contributed by atoms with E-state index in [0.29, 0.717) is 11.3 Å². The van der Waals surface area contributed by atoms with Crippen molar-refractivity contribution in [3.05, 3.63) is 58.6 Å². The second kappa shape index (κ2) is 5.14. The van der Waals surface area contributed by atoms with Gasteiger partial charge in [-0.15, -0.1) is 0 Å². The Morgan fingerprint density at radius 1 is 1.33 bits per heavy atom. The number of carbonyl (C=O) groups excluding carboxylic acids is 1. The third-order valence-corrected chi connectivity index (χ3v) is 2.59. The maximum absolute atomic E-state index is 13.3. The van der Waals surface area contributed by atoms with Crippen LogP contribution in [0.25, 0.3) is 0 Å². The minimum Gasteiger partial charge on any atom is -0.321 e. The Morgan fingerprint density at radius 3 is 2.78 bits per heavy atom. The van der Waals surface area contributed by atoms with E-state index in [9.17, 15) is 9.18 Å². The topological polar surface area (TPSA) is 42.0 Å². The van der Waals surface area contributed by atoms with Gasteiger partial charge in [-0.2, -0.15) is 0 Å². The maximum atomic E-state index is 13.3. The first-order valence-corrected chi connectivity index (χ1v) is 5.64. The van der Waals surface area contributed by atoms with Crippen LogP contribution in [0, 0.1) is 12.7 Å². The molecule has 5 heteroatoms. The number of aryl methyl sites for hydroxylation is 1. The number of anilines is 1. The highest BCUT2D eigenvalue weighted by atomic mass is 35.5. The van der Waals surface area contributed by atoms with Gasteiger partial charge in [-0.1, -0.05) is 23.7 Å². The molecule has 1 aromatic carbocycles. The summed E-state index contributed by atoms with van der Waals surface area (Å²) in [6, 6.07) is 9.21. The van der Waals surface area contributed by atoms with E-state index in [4.69, 9.17) is 11.6 Å². The van der Waals surface area contributed by atoms with Gasteiger partial charge >= 0.3 is 0 Å². The van der Waals surface area contributed by atoms with E-state index in [2.05, 4.69) is 10.3 Å². The molecule has 1 heterocycles. The monoisotopic (exact) mass is 264 g/mol. The Balaban J connectivity index is 2.18. The third-order valence-electron chi connectivity index (χ3n) is 2.38. The van der Waals surface area contributed by atoms with Gasteiger partial charge in [0.05, 0.1) is 0 Å². The van der Waals surface area contributed by atoms with Crippen LogP contribution in [0.2, 0.25) is 5.15 Å². The second-order valence-corrected chi connectivity index (χ2v) is 4.15. The fourth-order valence-electron chi connectivity index (χ4n) is 1.40. The third kappa shape index (κ3) is 2.84. The fraction of sp³-hybridized carbons (Fsp3) is 0.0769. The molecule has 0 unspecified atom stereocenters. The van der Waals surface area contributed by atoms with E-state index in [0.717, 1.165) is 0 Å². The molecule has 0 aliphatic heterocycles. The molecular formula is C13H10ClFN2O. The van der Waals surface area contributed by atoms with Crippen LogP contribution < -0.4 is 5.32 Å². The van der Waals surface area contributed by atoms with Gasteiger partial charge in [-0.25, -0.2) is 9.37 Å². The molecule has 2 aromatic rings. The predicted molar refractivity (Wildman–Crippen MR) is 68.3 cm³/mol. The van der Waals surface area contributed by atoms with Crippen molar-refractivity contribution in [1.82, 2.24) is 4.98 Å². The zero-order valence-corrected chi connectivity index (χ0v) is 10.3. The average Bonchev–Trinajstić information content (AvgIpc) is 2.34. The molecule has 0 fully saturated rings. The van der Waals surface area contributed by atoms with Crippen LogP contribution in [0.3, 0.4) is 0 Å². The molecule has 1 aromatic heterocycles. The summed E-state index contributed by atoms with van der Waals surface area (Å²) in [5.74, 6) is -0.799. The first kappa shape index (κ1) is 12.5. The summed E-state index contributed by atoms with van der Waals surface area (Å²) < 4.78 is 13.3. The number of benzene rings is 1. The largest absolute Gasteiger partial charge is 0.321 e. The van der Waals surface area contributed by atoms with Crippen molar-refractivity contribution in [2.45, 2.75) is 6.92 Å². The highest BCUT2D eigenvalue weighted by Crippen LogP contribution is 2.14. The number of carbonyl (C=O) groups is 1. The van der Waals surface area contributed by atoms with Crippen molar-refractivity contribution in [2.75, 3.05) is 5.32 Å². The highest BCUT2D eigenvalue weighted by molar-refractivity contribution is 6.29. The van der Waals surface area contributed by atoms with Crippen LogP contribution in [0.1, 0.15) is 16.1 Å².